The Kier molecular flexibility index (Phi) is 5.56. The van der Waals surface area contributed by atoms with Gasteiger partial charge in [-0.1, -0.05) is 54.1 Å². The summed E-state index contributed by atoms with van der Waals surface area (Å²) in [5, 5.41) is 0.746. The minimum atomic E-state index is -3.24. The summed E-state index contributed by atoms with van der Waals surface area (Å²) in [6, 6.07) is 17.2. The van der Waals surface area contributed by atoms with Crippen LogP contribution >= 0.6 is 11.6 Å². The highest BCUT2D eigenvalue weighted by molar-refractivity contribution is 7.88. The van der Waals surface area contributed by atoms with Gasteiger partial charge in [0, 0.05) is 10.6 Å². The van der Waals surface area contributed by atoms with Gasteiger partial charge in [-0.2, -0.15) is 4.31 Å². The van der Waals surface area contributed by atoms with Crippen molar-refractivity contribution >= 4 is 21.6 Å². The van der Waals surface area contributed by atoms with E-state index in [1.165, 1.54) is 10.5 Å². The van der Waals surface area contributed by atoms with Crippen LogP contribution in [0.25, 0.3) is 0 Å². The van der Waals surface area contributed by atoms with Crippen LogP contribution < -0.4 is 4.90 Å². The van der Waals surface area contributed by atoms with Crippen molar-refractivity contribution in [2.75, 3.05) is 26.2 Å². The number of hydrogen-bond acceptors (Lipinski definition) is 2. The van der Waals surface area contributed by atoms with Crippen molar-refractivity contribution in [3.8, 4) is 0 Å². The predicted octanol–water partition coefficient (Wildman–Crippen LogP) is 1.57. The van der Waals surface area contributed by atoms with E-state index >= 15 is 0 Å². The van der Waals surface area contributed by atoms with E-state index in [-0.39, 0.29) is 5.75 Å². The molecule has 0 amide bonds. The Labute approximate surface area is 148 Å². The molecule has 0 aromatic heterocycles. The van der Waals surface area contributed by atoms with Crippen LogP contribution in [-0.4, -0.2) is 38.9 Å². The lowest BCUT2D eigenvalue weighted by Gasteiger charge is -2.31. The van der Waals surface area contributed by atoms with E-state index in [4.69, 9.17) is 11.6 Å². The molecule has 0 radical (unpaired) electrons. The van der Waals surface area contributed by atoms with E-state index < -0.39 is 10.0 Å². The van der Waals surface area contributed by atoms with Crippen LogP contribution in [0.5, 0.6) is 0 Å². The fourth-order valence-corrected chi connectivity index (χ4v) is 4.82. The molecule has 0 unspecified atom stereocenters. The van der Waals surface area contributed by atoms with Gasteiger partial charge in [0.05, 0.1) is 31.9 Å². The topological polar surface area (TPSA) is 41.8 Å². The number of piperazine rings is 1. The fourth-order valence-electron chi connectivity index (χ4n) is 3.07. The molecule has 0 saturated carbocycles. The van der Waals surface area contributed by atoms with E-state index in [1.807, 2.05) is 48.5 Å². The standard InChI is InChI=1S/C18H21ClN2O2S/c19-18-8-4-7-17(13-18)14-20-9-11-21(12-10-20)24(22,23)15-16-5-2-1-3-6-16/h1-8,13H,9-12,14-15H2/p+1. The third kappa shape index (κ3) is 4.57. The molecule has 1 saturated heterocycles. The van der Waals surface area contributed by atoms with Gasteiger partial charge in [0.25, 0.3) is 0 Å². The van der Waals surface area contributed by atoms with Crippen molar-refractivity contribution in [2.24, 2.45) is 0 Å². The highest BCUT2D eigenvalue weighted by Gasteiger charge is 2.29. The van der Waals surface area contributed by atoms with Crippen LogP contribution in [0.4, 0.5) is 0 Å². The average Bonchev–Trinajstić information content (AvgIpc) is 2.56. The van der Waals surface area contributed by atoms with Crippen molar-refractivity contribution < 1.29 is 13.3 Å². The molecule has 4 nitrogen and oxygen atoms in total. The Hall–Kier alpha value is -1.40. The van der Waals surface area contributed by atoms with Gasteiger partial charge in [-0.05, 0) is 17.7 Å². The Bertz CT molecular complexity index is 773. The van der Waals surface area contributed by atoms with E-state index in [1.54, 1.807) is 4.31 Å². The van der Waals surface area contributed by atoms with Gasteiger partial charge in [-0.25, -0.2) is 8.42 Å². The number of sulfonamides is 1. The molecule has 1 aliphatic heterocycles. The van der Waals surface area contributed by atoms with Crippen molar-refractivity contribution in [2.45, 2.75) is 12.3 Å². The summed E-state index contributed by atoms with van der Waals surface area (Å²) in [5.41, 5.74) is 2.03. The minimum Gasteiger partial charge on any atom is -0.329 e. The van der Waals surface area contributed by atoms with Gasteiger partial charge in [0.2, 0.25) is 10.0 Å². The lowest BCUT2D eigenvalue weighted by Crippen LogP contribution is -3.13. The van der Waals surface area contributed by atoms with Crippen LogP contribution in [0, 0.1) is 0 Å². The molecule has 1 aliphatic rings. The highest BCUT2D eigenvalue weighted by atomic mass is 35.5. The maximum Gasteiger partial charge on any atom is 0.218 e. The molecule has 2 aromatic rings. The highest BCUT2D eigenvalue weighted by Crippen LogP contribution is 2.12. The zero-order valence-corrected chi connectivity index (χ0v) is 15.1. The van der Waals surface area contributed by atoms with Crippen molar-refractivity contribution in [1.82, 2.24) is 4.31 Å². The zero-order valence-electron chi connectivity index (χ0n) is 13.5. The van der Waals surface area contributed by atoms with E-state index in [2.05, 4.69) is 6.07 Å². The van der Waals surface area contributed by atoms with Gasteiger partial charge >= 0.3 is 0 Å². The number of halogens is 1. The summed E-state index contributed by atoms with van der Waals surface area (Å²) in [6.07, 6.45) is 0. The van der Waals surface area contributed by atoms with Crippen LogP contribution in [0.15, 0.2) is 54.6 Å². The first-order valence-electron chi connectivity index (χ1n) is 8.13. The molecule has 1 heterocycles. The molecule has 128 valence electrons. The molecule has 0 atom stereocenters. The van der Waals surface area contributed by atoms with Gasteiger partial charge < -0.3 is 4.90 Å². The smallest absolute Gasteiger partial charge is 0.218 e. The summed E-state index contributed by atoms with van der Waals surface area (Å²) in [4.78, 5) is 1.39. The molecule has 3 rings (SSSR count). The Morgan fingerprint density at radius 2 is 1.62 bits per heavy atom. The first-order chi connectivity index (χ1) is 11.5. The normalized spacial score (nSPS) is 17.0. The zero-order chi connectivity index (χ0) is 17.0. The average molecular weight is 366 g/mol. The first kappa shape index (κ1) is 17.4. The number of hydrogen-bond donors (Lipinski definition) is 1. The molecule has 1 N–H and O–H groups in total. The minimum absolute atomic E-state index is 0.0808. The van der Waals surface area contributed by atoms with Gasteiger partial charge in [0.15, 0.2) is 0 Å². The molecular formula is C18H22ClN2O2S+. The van der Waals surface area contributed by atoms with Gasteiger partial charge in [-0.3, -0.25) is 0 Å². The lowest BCUT2D eigenvalue weighted by atomic mass is 10.2. The molecular weight excluding hydrogens is 344 g/mol. The molecule has 24 heavy (non-hydrogen) atoms. The summed E-state index contributed by atoms with van der Waals surface area (Å²) in [5.74, 6) is 0.0808. The molecule has 1 fully saturated rings. The fraction of sp³-hybridized carbons (Fsp3) is 0.333. The second kappa shape index (κ2) is 7.66. The third-order valence-corrected chi connectivity index (χ3v) is 6.44. The SMILES string of the molecule is O=S(=O)(Cc1ccccc1)N1CC[NH+](Cc2cccc(Cl)c2)CC1. The van der Waals surface area contributed by atoms with E-state index in [0.29, 0.717) is 13.1 Å². The van der Waals surface area contributed by atoms with Crippen LogP contribution in [0.3, 0.4) is 0 Å². The van der Waals surface area contributed by atoms with Gasteiger partial charge in [-0.15, -0.1) is 0 Å². The molecule has 0 bridgehead atoms. The maximum absolute atomic E-state index is 12.6. The number of quaternary nitrogens is 1. The Morgan fingerprint density at radius 1 is 0.958 bits per heavy atom. The number of rotatable bonds is 5. The quantitative estimate of drug-likeness (QED) is 0.874. The van der Waals surface area contributed by atoms with E-state index in [0.717, 1.165) is 30.2 Å². The monoisotopic (exact) mass is 365 g/mol. The molecule has 6 heteroatoms. The molecule has 2 aromatic carbocycles. The molecule has 0 aliphatic carbocycles. The van der Waals surface area contributed by atoms with Crippen molar-refractivity contribution in [1.29, 1.82) is 0 Å². The van der Waals surface area contributed by atoms with Crippen molar-refractivity contribution in [3.63, 3.8) is 0 Å². The predicted molar refractivity (Wildman–Crippen MR) is 96.5 cm³/mol. The summed E-state index contributed by atoms with van der Waals surface area (Å²) >= 11 is 6.03. The summed E-state index contributed by atoms with van der Waals surface area (Å²) < 4.78 is 26.8. The first-order valence-corrected chi connectivity index (χ1v) is 10.1. The number of nitrogens with one attached hydrogen (secondary N) is 1. The lowest BCUT2D eigenvalue weighted by molar-refractivity contribution is -0.917. The van der Waals surface area contributed by atoms with Crippen LogP contribution in [0.1, 0.15) is 11.1 Å². The van der Waals surface area contributed by atoms with Crippen molar-refractivity contribution in [3.05, 3.63) is 70.7 Å². The second-order valence-electron chi connectivity index (χ2n) is 6.20. The Morgan fingerprint density at radius 3 is 2.29 bits per heavy atom. The van der Waals surface area contributed by atoms with Crippen LogP contribution in [-0.2, 0) is 22.3 Å². The Balaban J connectivity index is 1.56. The summed E-state index contributed by atoms with van der Waals surface area (Å²) in [7, 11) is -3.24. The van der Waals surface area contributed by atoms with Gasteiger partial charge in [0.1, 0.15) is 6.54 Å². The largest absolute Gasteiger partial charge is 0.329 e. The number of nitrogens with zero attached hydrogens (tertiary/aromatic N) is 1. The summed E-state index contributed by atoms with van der Waals surface area (Å²) in [6.45, 7) is 3.67. The number of benzene rings is 2. The van der Waals surface area contributed by atoms with Crippen LogP contribution in [0.2, 0.25) is 5.02 Å². The second-order valence-corrected chi connectivity index (χ2v) is 8.60. The van der Waals surface area contributed by atoms with E-state index in [9.17, 15) is 8.42 Å². The molecule has 0 spiro atoms. The maximum atomic E-state index is 12.6. The third-order valence-electron chi connectivity index (χ3n) is 4.36.